The topological polar surface area (TPSA) is 57.5 Å². The molecule has 0 aliphatic carbocycles. The van der Waals surface area contributed by atoms with E-state index in [1.807, 2.05) is 13.0 Å². The molecule has 20 heavy (non-hydrogen) atoms. The Morgan fingerprint density at radius 1 is 1.25 bits per heavy atom. The molecule has 0 radical (unpaired) electrons. The van der Waals surface area contributed by atoms with Crippen LogP contribution in [0, 0.1) is 6.92 Å². The monoisotopic (exact) mass is 278 g/mol. The van der Waals surface area contributed by atoms with Crippen molar-refractivity contribution >= 4 is 5.97 Å². The summed E-state index contributed by atoms with van der Waals surface area (Å²) in [5.41, 5.74) is 2.34. The Bertz CT molecular complexity index is 475. The number of hydrogen-bond donors (Lipinski definition) is 2. The molecule has 0 atom stereocenters. The number of aliphatic carboxylic acids is 1. The van der Waals surface area contributed by atoms with Gasteiger partial charge in [0.1, 0.15) is 5.75 Å². The fourth-order valence-corrected chi connectivity index (χ4v) is 2.58. The van der Waals surface area contributed by atoms with Gasteiger partial charge >= 0.3 is 5.97 Å². The van der Waals surface area contributed by atoms with E-state index in [1.165, 1.54) is 12.8 Å². The molecule has 0 unspecified atom stereocenters. The minimum atomic E-state index is -0.839. The summed E-state index contributed by atoms with van der Waals surface area (Å²) in [6, 6.07) is 3.56. The first-order valence-electron chi connectivity index (χ1n) is 7.32. The highest BCUT2D eigenvalue weighted by Gasteiger charge is 2.24. The van der Waals surface area contributed by atoms with E-state index < -0.39 is 5.97 Å². The lowest BCUT2D eigenvalue weighted by molar-refractivity contribution is -0.136. The summed E-state index contributed by atoms with van der Waals surface area (Å²) in [4.78, 5) is 10.9. The van der Waals surface area contributed by atoms with Crippen molar-refractivity contribution in [2.75, 3.05) is 0 Å². The van der Waals surface area contributed by atoms with Crippen LogP contribution >= 0.6 is 0 Å². The van der Waals surface area contributed by atoms with Crippen molar-refractivity contribution in [3.63, 3.8) is 0 Å². The largest absolute Gasteiger partial charge is 0.508 e. The number of aromatic hydroxyl groups is 1. The predicted octanol–water partition coefficient (Wildman–Crippen LogP) is 4.19. The zero-order valence-electron chi connectivity index (χ0n) is 13.0. The van der Waals surface area contributed by atoms with E-state index in [2.05, 4.69) is 20.8 Å². The molecular formula is C17H26O3. The third-order valence-corrected chi connectivity index (χ3v) is 3.93. The minimum absolute atomic E-state index is 0.00412. The van der Waals surface area contributed by atoms with Crippen LogP contribution in [0.15, 0.2) is 12.1 Å². The van der Waals surface area contributed by atoms with E-state index in [4.69, 9.17) is 5.11 Å². The Balaban J connectivity index is 3.06. The summed E-state index contributed by atoms with van der Waals surface area (Å²) in [6.07, 6.45) is 4.46. The van der Waals surface area contributed by atoms with Crippen LogP contribution in [0.4, 0.5) is 0 Å². The Morgan fingerprint density at radius 2 is 1.90 bits per heavy atom. The van der Waals surface area contributed by atoms with Crippen molar-refractivity contribution in [1.29, 1.82) is 0 Å². The van der Waals surface area contributed by atoms with Gasteiger partial charge in [0, 0.05) is 0 Å². The Kier molecular flexibility index (Phi) is 5.61. The molecule has 0 aliphatic rings. The molecule has 0 saturated carbocycles. The van der Waals surface area contributed by atoms with Crippen LogP contribution in [0.3, 0.4) is 0 Å². The van der Waals surface area contributed by atoms with Crippen molar-refractivity contribution in [2.45, 2.75) is 65.2 Å². The highest BCUT2D eigenvalue weighted by atomic mass is 16.4. The molecular weight excluding hydrogens is 252 g/mol. The van der Waals surface area contributed by atoms with E-state index in [1.54, 1.807) is 6.07 Å². The van der Waals surface area contributed by atoms with Gasteiger partial charge in [0.2, 0.25) is 0 Å². The number of phenolic OH excluding ortho intramolecular Hbond substituents is 1. The van der Waals surface area contributed by atoms with Crippen molar-refractivity contribution in [2.24, 2.45) is 0 Å². The van der Waals surface area contributed by atoms with Gasteiger partial charge in [-0.2, -0.15) is 0 Å². The number of carboxylic acid groups (broad SMARTS) is 1. The van der Waals surface area contributed by atoms with Crippen LogP contribution < -0.4 is 0 Å². The van der Waals surface area contributed by atoms with Crippen molar-refractivity contribution < 1.29 is 15.0 Å². The number of rotatable bonds is 7. The lowest BCUT2D eigenvalue weighted by Crippen LogP contribution is -2.18. The van der Waals surface area contributed by atoms with Gasteiger partial charge in [0.05, 0.1) is 6.42 Å². The van der Waals surface area contributed by atoms with Crippen molar-refractivity contribution in [3.8, 4) is 5.75 Å². The summed E-state index contributed by atoms with van der Waals surface area (Å²) in [5.74, 6) is -0.563. The van der Waals surface area contributed by atoms with Crippen LogP contribution in [0.1, 0.15) is 63.1 Å². The Morgan fingerprint density at radius 3 is 2.45 bits per heavy atom. The smallest absolute Gasteiger partial charge is 0.307 e. The zero-order chi connectivity index (χ0) is 15.3. The van der Waals surface area contributed by atoms with Gasteiger partial charge in [-0.15, -0.1) is 0 Å². The number of phenols is 1. The molecule has 1 rings (SSSR count). The third kappa shape index (κ3) is 4.26. The SMILES string of the molecule is CCCCCC(C)(C)c1cc(CC(=O)O)c(C)cc1O. The molecule has 3 heteroatoms. The predicted molar refractivity (Wildman–Crippen MR) is 81.4 cm³/mol. The van der Waals surface area contributed by atoms with Crippen LogP contribution in [-0.2, 0) is 16.6 Å². The summed E-state index contributed by atoms with van der Waals surface area (Å²) in [5, 5.41) is 19.2. The van der Waals surface area contributed by atoms with Crippen molar-refractivity contribution in [1.82, 2.24) is 0 Å². The summed E-state index contributed by atoms with van der Waals surface area (Å²) in [7, 11) is 0. The fourth-order valence-electron chi connectivity index (χ4n) is 2.58. The van der Waals surface area contributed by atoms with Gasteiger partial charge in [-0.05, 0) is 41.5 Å². The Labute approximate surface area is 121 Å². The summed E-state index contributed by atoms with van der Waals surface area (Å²) < 4.78 is 0. The quantitative estimate of drug-likeness (QED) is 0.735. The second-order valence-corrected chi connectivity index (χ2v) is 6.21. The lowest BCUT2D eigenvalue weighted by atomic mass is 9.78. The molecule has 112 valence electrons. The summed E-state index contributed by atoms with van der Waals surface area (Å²) >= 11 is 0. The molecule has 0 heterocycles. The number of benzene rings is 1. The maximum atomic E-state index is 10.9. The van der Waals surface area contributed by atoms with E-state index in [9.17, 15) is 9.90 Å². The van der Waals surface area contributed by atoms with Gasteiger partial charge in [-0.25, -0.2) is 0 Å². The van der Waals surface area contributed by atoms with Crippen molar-refractivity contribution in [3.05, 3.63) is 28.8 Å². The average Bonchev–Trinajstić information content (AvgIpc) is 2.32. The van der Waals surface area contributed by atoms with E-state index in [-0.39, 0.29) is 17.6 Å². The van der Waals surface area contributed by atoms with Gasteiger partial charge in [0.25, 0.3) is 0 Å². The number of hydrogen-bond acceptors (Lipinski definition) is 2. The summed E-state index contributed by atoms with van der Waals surface area (Å²) in [6.45, 7) is 8.22. The van der Waals surface area contributed by atoms with Crippen LogP contribution in [0.5, 0.6) is 5.75 Å². The van der Waals surface area contributed by atoms with Gasteiger partial charge in [-0.3, -0.25) is 4.79 Å². The normalized spacial score (nSPS) is 11.6. The molecule has 0 amide bonds. The number of aryl methyl sites for hydroxylation is 1. The maximum absolute atomic E-state index is 10.9. The maximum Gasteiger partial charge on any atom is 0.307 e. The second-order valence-electron chi connectivity index (χ2n) is 6.21. The molecule has 1 aromatic rings. The lowest BCUT2D eigenvalue weighted by Gasteiger charge is -2.27. The first kappa shape index (κ1) is 16.5. The zero-order valence-corrected chi connectivity index (χ0v) is 13.0. The third-order valence-electron chi connectivity index (χ3n) is 3.93. The fraction of sp³-hybridized carbons (Fsp3) is 0.588. The Hall–Kier alpha value is -1.51. The van der Waals surface area contributed by atoms with E-state index >= 15 is 0 Å². The van der Waals surface area contributed by atoms with E-state index in [0.29, 0.717) is 0 Å². The minimum Gasteiger partial charge on any atom is -0.508 e. The molecule has 0 bridgehead atoms. The first-order valence-corrected chi connectivity index (χ1v) is 7.32. The second kappa shape index (κ2) is 6.78. The van der Waals surface area contributed by atoms with Gasteiger partial charge in [-0.1, -0.05) is 46.1 Å². The highest BCUT2D eigenvalue weighted by Crippen LogP contribution is 2.37. The number of carbonyl (C=O) groups is 1. The molecule has 3 nitrogen and oxygen atoms in total. The van der Waals surface area contributed by atoms with Gasteiger partial charge < -0.3 is 10.2 Å². The molecule has 2 N–H and O–H groups in total. The van der Waals surface area contributed by atoms with Crippen LogP contribution in [0.2, 0.25) is 0 Å². The van der Waals surface area contributed by atoms with E-state index in [0.717, 1.165) is 29.5 Å². The molecule has 0 spiro atoms. The highest BCUT2D eigenvalue weighted by molar-refractivity contribution is 5.71. The molecule has 0 fully saturated rings. The molecule has 0 aromatic heterocycles. The average molecular weight is 278 g/mol. The number of carboxylic acids is 1. The van der Waals surface area contributed by atoms with Crippen LogP contribution in [0.25, 0.3) is 0 Å². The molecule has 0 saturated heterocycles. The standard InChI is InChI=1S/C17H26O3/c1-5-6-7-8-17(3,4)14-10-13(11-16(19)20)12(2)9-15(14)18/h9-10,18H,5-8,11H2,1-4H3,(H,19,20). The van der Waals surface area contributed by atoms with Crippen LogP contribution in [-0.4, -0.2) is 16.2 Å². The molecule has 1 aromatic carbocycles. The first-order chi connectivity index (χ1) is 9.27. The number of unbranched alkanes of at least 4 members (excludes halogenated alkanes) is 2. The molecule has 0 aliphatic heterocycles. The van der Waals surface area contributed by atoms with Gasteiger partial charge in [0.15, 0.2) is 0 Å².